The molecule has 1 aliphatic heterocycles. The quantitative estimate of drug-likeness (QED) is 0.819. The molecule has 0 aromatic rings. The molecule has 0 aromatic carbocycles. The first-order valence-electron chi connectivity index (χ1n) is 6.27. The van der Waals surface area contributed by atoms with Gasteiger partial charge in [-0.25, -0.2) is 0 Å². The standard InChI is InChI=1S/C12H21F3N2O/c1-11(2)5-3-7-16-9(11)8-17-10(18)4-6-12(13,14)15/h9,16H,3-8H2,1-2H3,(H,17,18). The third-order valence-electron chi connectivity index (χ3n) is 3.47. The van der Waals surface area contributed by atoms with Gasteiger partial charge in [0.15, 0.2) is 0 Å². The lowest BCUT2D eigenvalue weighted by Crippen LogP contribution is -2.52. The Labute approximate surface area is 106 Å². The third kappa shape index (κ3) is 5.25. The Balaban J connectivity index is 2.29. The second kappa shape index (κ2) is 5.91. The van der Waals surface area contributed by atoms with Crippen LogP contribution in [0.5, 0.6) is 0 Å². The normalized spacial score (nSPS) is 23.7. The number of piperidine rings is 1. The Morgan fingerprint density at radius 1 is 1.44 bits per heavy atom. The van der Waals surface area contributed by atoms with Crippen LogP contribution in [-0.2, 0) is 4.79 Å². The highest BCUT2D eigenvalue weighted by atomic mass is 19.4. The molecule has 0 spiro atoms. The van der Waals surface area contributed by atoms with E-state index in [1.807, 2.05) is 0 Å². The molecule has 1 rings (SSSR count). The Kier molecular flexibility index (Phi) is 5.01. The fraction of sp³-hybridized carbons (Fsp3) is 0.917. The number of halogens is 3. The van der Waals surface area contributed by atoms with Crippen LogP contribution in [0, 0.1) is 5.41 Å². The average Bonchev–Trinajstić information content (AvgIpc) is 2.23. The minimum absolute atomic E-state index is 0.0650. The molecule has 3 nitrogen and oxygen atoms in total. The summed E-state index contributed by atoms with van der Waals surface area (Å²) >= 11 is 0. The summed E-state index contributed by atoms with van der Waals surface area (Å²) in [7, 11) is 0. The molecule has 2 N–H and O–H groups in total. The molecular weight excluding hydrogens is 245 g/mol. The van der Waals surface area contributed by atoms with Crippen LogP contribution in [0.4, 0.5) is 13.2 Å². The predicted octanol–water partition coefficient (Wildman–Crippen LogP) is 2.22. The Hall–Kier alpha value is -0.780. The van der Waals surface area contributed by atoms with E-state index in [2.05, 4.69) is 24.5 Å². The molecule has 106 valence electrons. The maximum atomic E-state index is 11.9. The molecule has 1 heterocycles. The van der Waals surface area contributed by atoms with Crippen LogP contribution in [0.2, 0.25) is 0 Å². The van der Waals surface area contributed by atoms with Crippen molar-refractivity contribution in [1.29, 1.82) is 0 Å². The van der Waals surface area contributed by atoms with Gasteiger partial charge in [0.1, 0.15) is 0 Å². The molecule has 0 bridgehead atoms. The first-order chi connectivity index (χ1) is 8.21. The van der Waals surface area contributed by atoms with Gasteiger partial charge in [0.25, 0.3) is 0 Å². The zero-order chi connectivity index (χ0) is 13.8. The van der Waals surface area contributed by atoms with Crippen molar-refractivity contribution in [3.05, 3.63) is 0 Å². The lowest BCUT2D eigenvalue weighted by atomic mass is 9.77. The largest absolute Gasteiger partial charge is 0.389 e. The second-order valence-corrected chi connectivity index (χ2v) is 5.52. The van der Waals surface area contributed by atoms with Crippen LogP contribution >= 0.6 is 0 Å². The SMILES string of the molecule is CC1(C)CCCNC1CNC(=O)CCC(F)(F)F. The predicted molar refractivity (Wildman–Crippen MR) is 63.1 cm³/mol. The van der Waals surface area contributed by atoms with Crippen molar-refractivity contribution in [3.8, 4) is 0 Å². The highest BCUT2D eigenvalue weighted by Gasteiger charge is 2.32. The van der Waals surface area contributed by atoms with Gasteiger partial charge >= 0.3 is 6.18 Å². The molecule has 1 aliphatic rings. The molecule has 6 heteroatoms. The number of nitrogens with one attached hydrogen (secondary N) is 2. The van der Waals surface area contributed by atoms with Crippen LogP contribution in [0.15, 0.2) is 0 Å². The summed E-state index contributed by atoms with van der Waals surface area (Å²) < 4.78 is 35.8. The van der Waals surface area contributed by atoms with E-state index < -0.39 is 24.9 Å². The van der Waals surface area contributed by atoms with Crippen molar-refractivity contribution in [2.24, 2.45) is 5.41 Å². The number of rotatable bonds is 4. The summed E-state index contributed by atoms with van der Waals surface area (Å²) in [5, 5.41) is 5.88. The number of carbonyl (C=O) groups is 1. The minimum Gasteiger partial charge on any atom is -0.355 e. The van der Waals surface area contributed by atoms with Crippen LogP contribution in [0.3, 0.4) is 0 Å². The van der Waals surface area contributed by atoms with E-state index in [4.69, 9.17) is 0 Å². The van der Waals surface area contributed by atoms with Gasteiger partial charge in [-0.1, -0.05) is 13.8 Å². The van der Waals surface area contributed by atoms with Crippen LogP contribution in [0.25, 0.3) is 0 Å². The van der Waals surface area contributed by atoms with Gasteiger partial charge in [0.2, 0.25) is 5.91 Å². The molecule has 1 amide bonds. The van der Waals surface area contributed by atoms with E-state index in [9.17, 15) is 18.0 Å². The summed E-state index contributed by atoms with van der Waals surface area (Å²) in [4.78, 5) is 11.3. The lowest BCUT2D eigenvalue weighted by Gasteiger charge is -2.39. The van der Waals surface area contributed by atoms with Gasteiger partial charge in [-0.05, 0) is 24.8 Å². The van der Waals surface area contributed by atoms with Gasteiger partial charge < -0.3 is 10.6 Å². The van der Waals surface area contributed by atoms with Gasteiger partial charge in [-0.15, -0.1) is 0 Å². The monoisotopic (exact) mass is 266 g/mol. The van der Waals surface area contributed by atoms with E-state index in [1.165, 1.54) is 0 Å². The Morgan fingerprint density at radius 2 is 2.11 bits per heavy atom. The van der Waals surface area contributed by atoms with Crippen LogP contribution in [0.1, 0.15) is 39.5 Å². The summed E-state index contributed by atoms with van der Waals surface area (Å²) in [6.45, 7) is 5.49. The van der Waals surface area contributed by atoms with Gasteiger partial charge in [0.05, 0.1) is 6.42 Å². The number of alkyl halides is 3. The van der Waals surface area contributed by atoms with E-state index in [0.29, 0.717) is 6.54 Å². The van der Waals surface area contributed by atoms with Crippen molar-refractivity contribution < 1.29 is 18.0 Å². The Morgan fingerprint density at radius 3 is 2.67 bits per heavy atom. The smallest absolute Gasteiger partial charge is 0.355 e. The van der Waals surface area contributed by atoms with Crippen molar-refractivity contribution in [3.63, 3.8) is 0 Å². The van der Waals surface area contributed by atoms with E-state index >= 15 is 0 Å². The lowest BCUT2D eigenvalue weighted by molar-refractivity contribution is -0.144. The number of hydrogen-bond acceptors (Lipinski definition) is 2. The minimum atomic E-state index is -4.26. The van der Waals surface area contributed by atoms with Crippen molar-refractivity contribution in [1.82, 2.24) is 10.6 Å². The fourth-order valence-corrected chi connectivity index (χ4v) is 2.18. The first kappa shape index (κ1) is 15.3. The molecule has 0 saturated carbocycles. The van der Waals surface area contributed by atoms with Crippen molar-refractivity contribution in [2.45, 2.75) is 51.7 Å². The molecular formula is C12H21F3N2O. The molecule has 1 atom stereocenters. The van der Waals surface area contributed by atoms with Crippen molar-refractivity contribution >= 4 is 5.91 Å². The number of amides is 1. The molecule has 0 aliphatic carbocycles. The fourth-order valence-electron chi connectivity index (χ4n) is 2.18. The van der Waals surface area contributed by atoms with Crippen LogP contribution < -0.4 is 10.6 Å². The van der Waals surface area contributed by atoms with E-state index in [-0.39, 0.29) is 11.5 Å². The summed E-state index contributed by atoms with van der Waals surface area (Å²) in [6.07, 6.45) is -3.66. The highest BCUT2D eigenvalue weighted by Crippen LogP contribution is 2.29. The zero-order valence-corrected chi connectivity index (χ0v) is 10.9. The van der Waals surface area contributed by atoms with E-state index in [0.717, 1.165) is 19.4 Å². The van der Waals surface area contributed by atoms with Crippen LogP contribution in [-0.4, -0.2) is 31.2 Å². The number of carbonyl (C=O) groups excluding carboxylic acids is 1. The highest BCUT2D eigenvalue weighted by molar-refractivity contribution is 5.75. The Bertz CT molecular complexity index is 290. The average molecular weight is 266 g/mol. The molecule has 1 fully saturated rings. The topological polar surface area (TPSA) is 41.1 Å². The summed E-state index contributed by atoms with van der Waals surface area (Å²) in [5.74, 6) is -0.532. The maximum absolute atomic E-state index is 11.9. The summed E-state index contributed by atoms with van der Waals surface area (Å²) in [5.41, 5.74) is 0.0650. The molecule has 0 aromatic heterocycles. The summed E-state index contributed by atoms with van der Waals surface area (Å²) in [6, 6.07) is 0.126. The van der Waals surface area contributed by atoms with Gasteiger partial charge in [-0.2, -0.15) is 13.2 Å². The maximum Gasteiger partial charge on any atom is 0.389 e. The van der Waals surface area contributed by atoms with Gasteiger partial charge in [-0.3, -0.25) is 4.79 Å². The third-order valence-corrected chi connectivity index (χ3v) is 3.47. The molecule has 1 saturated heterocycles. The van der Waals surface area contributed by atoms with Crippen molar-refractivity contribution in [2.75, 3.05) is 13.1 Å². The van der Waals surface area contributed by atoms with Gasteiger partial charge in [0, 0.05) is 19.0 Å². The number of hydrogen-bond donors (Lipinski definition) is 2. The second-order valence-electron chi connectivity index (χ2n) is 5.52. The van der Waals surface area contributed by atoms with E-state index in [1.54, 1.807) is 0 Å². The first-order valence-corrected chi connectivity index (χ1v) is 6.27. The molecule has 1 unspecified atom stereocenters. The molecule has 18 heavy (non-hydrogen) atoms. The molecule has 0 radical (unpaired) electrons. The zero-order valence-electron chi connectivity index (χ0n) is 10.9.